The van der Waals surface area contributed by atoms with Gasteiger partial charge in [-0.15, -0.1) is 0 Å². The van der Waals surface area contributed by atoms with Crippen LogP contribution in [0.1, 0.15) is 30.4 Å². The smallest absolute Gasteiger partial charge is 0.203 e. The third-order valence-corrected chi connectivity index (χ3v) is 4.40. The zero-order valence-electron chi connectivity index (χ0n) is 18.9. The second kappa shape index (κ2) is 12.1. The van der Waals surface area contributed by atoms with Crippen LogP contribution < -0.4 is 28.4 Å². The summed E-state index contributed by atoms with van der Waals surface area (Å²) in [4.78, 5) is 0. The van der Waals surface area contributed by atoms with Crippen molar-refractivity contribution < 1.29 is 28.4 Å². The predicted molar refractivity (Wildman–Crippen MR) is 120 cm³/mol. The Kier molecular flexibility index (Phi) is 9.26. The third kappa shape index (κ3) is 6.17. The van der Waals surface area contributed by atoms with E-state index in [0.717, 1.165) is 30.4 Å². The summed E-state index contributed by atoms with van der Waals surface area (Å²) in [5.74, 6) is 16.1. The van der Waals surface area contributed by atoms with Crippen LogP contribution in [0.4, 0.5) is 0 Å². The van der Waals surface area contributed by atoms with Gasteiger partial charge in [0.25, 0.3) is 0 Å². The lowest BCUT2D eigenvalue weighted by Crippen LogP contribution is -1.95. The molecule has 0 bridgehead atoms. The van der Waals surface area contributed by atoms with Gasteiger partial charge in [-0.1, -0.05) is 23.7 Å². The Hall–Kier alpha value is -3.64. The lowest BCUT2D eigenvalue weighted by Gasteiger charge is -2.12. The summed E-state index contributed by atoms with van der Waals surface area (Å²) >= 11 is 0. The normalized spacial score (nSPS) is 9.48. The second-order valence-corrected chi connectivity index (χ2v) is 6.29. The Labute approximate surface area is 184 Å². The zero-order chi connectivity index (χ0) is 22.6. The van der Waals surface area contributed by atoms with Crippen molar-refractivity contribution in [3.05, 3.63) is 35.4 Å². The van der Waals surface area contributed by atoms with Crippen LogP contribution in [0.15, 0.2) is 24.3 Å². The van der Waals surface area contributed by atoms with Crippen molar-refractivity contribution in [2.75, 3.05) is 42.7 Å². The summed E-state index contributed by atoms with van der Waals surface area (Å²) in [7, 11) is 9.49. The number of benzene rings is 2. The maximum atomic E-state index is 5.35. The lowest BCUT2D eigenvalue weighted by molar-refractivity contribution is 0.324. The molecule has 0 aliphatic rings. The second-order valence-electron chi connectivity index (χ2n) is 6.29. The van der Waals surface area contributed by atoms with Crippen molar-refractivity contribution >= 4 is 0 Å². The molecule has 31 heavy (non-hydrogen) atoms. The molecule has 0 fully saturated rings. The van der Waals surface area contributed by atoms with Gasteiger partial charge in [-0.25, -0.2) is 0 Å². The maximum Gasteiger partial charge on any atom is 0.203 e. The largest absolute Gasteiger partial charge is 0.493 e. The Morgan fingerprint density at radius 3 is 1.10 bits per heavy atom. The van der Waals surface area contributed by atoms with E-state index in [1.165, 1.54) is 0 Å². The highest BCUT2D eigenvalue weighted by molar-refractivity contribution is 5.58. The van der Waals surface area contributed by atoms with Crippen LogP contribution in [0.2, 0.25) is 0 Å². The highest BCUT2D eigenvalue weighted by Gasteiger charge is 2.13. The molecule has 0 N–H and O–H groups in total. The number of rotatable bonds is 8. The SMILES string of the molecule is COc1cc(C#CCCCC#Cc2cc(OC)c(OC)c(OC)c2)cc(OC)c1OC. The monoisotopic (exact) mass is 424 g/mol. The van der Waals surface area contributed by atoms with E-state index in [-0.39, 0.29) is 0 Å². The third-order valence-electron chi connectivity index (χ3n) is 4.40. The van der Waals surface area contributed by atoms with E-state index in [0.29, 0.717) is 34.5 Å². The van der Waals surface area contributed by atoms with Gasteiger partial charge < -0.3 is 28.4 Å². The molecule has 0 aliphatic carbocycles. The van der Waals surface area contributed by atoms with E-state index in [9.17, 15) is 0 Å². The van der Waals surface area contributed by atoms with Gasteiger partial charge in [0.05, 0.1) is 42.7 Å². The van der Waals surface area contributed by atoms with Crippen molar-refractivity contribution in [1.82, 2.24) is 0 Å². The molecule has 0 radical (unpaired) electrons. The van der Waals surface area contributed by atoms with E-state index in [2.05, 4.69) is 23.7 Å². The first-order valence-corrected chi connectivity index (χ1v) is 9.69. The summed E-state index contributed by atoms with van der Waals surface area (Å²) in [6.45, 7) is 0. The molecule has 0 saturated heterocycles. The van der Waals surface area contributed by atoms with Crippen molar-refractivity contribution in [1.29, 1.82) is 0 Å². The molecule has 0 aliphatic heterocycles. The highest BCUT2D eigenvalue weighted by Crippen LogP contribution is 2.38. The molecule has 0 saturated carbocycles. The van der Waals surface area contributed by atoms with Crippen molar-refractivity contribution in [3.63, 3.8) is 0 Å². The van der Waals surface area contributed by atoms with Crippen LogP contribution in [-0.2, 0) is 0 Å². The van der Waals surface area contributed by atoms with Gasteiger partial charge >= 0.3 is 0 Å². The van der Waals surface area contributed by atoms with Gasteiger partial charge in [-0.3, -0.25) is 0 Å². The van der Waals surface area contributed by atoms with Crippen molar-refractivity contribution in [3.8, 4) is 58.2 Å². The molecule has 2 rings (SSSR count). The summed E-state index contributed by atoms with van der Waals surface area (Å²) < 4.78 is 32.1. The molecule has 2 aromatic carbocycles. The minimum atomic E-state index is 0.553. The number of hydrogen-bond donors (Lipinski definition) is 0. The average Bonchev–Trinajstić information content (AvgIpc) is 2.81. The molecular weight excluding hydrogens is 396 g/mol. The molecule has 2 aromatic rings. The number of ether oxygens (including phenoxy) is 6. The number of hydrogen-bond acceptors (Lipinski definition) is 6. The van der Waals surface area contributed by atoms with Gasteiger partial charge in [0.1, 0.15) is 0 Å². The summed E-state index contributed by atoms with van der Waals surface area (Å²) in [5, 5.41) is 0. The fourth-order valence-corrected chi connectivity index (χ4v) is 2.90. The van der Waals surface area contributed by atoms with Gasteiger partial charge in [0.15, 0.2) is 23.0 Å². The van der Waals surface area contributed by atoms with Crippen LogP contribution in [0, 0.1) is 23.7 Å². The fourth-order valence-electron chi connectivity index (χ4n) is 2.90. The van der Waals surface area contributed by atoms with E-state index in [4.69, 9.17) is 28.4 Å². The van der Waals surface area contributed by atoms with Gasteiger partial charge in [-0.05, 0) is 30.7 Å². The van der Waals surface area contributed by atoms with Gasteiger partial charge in [0.2, 0.25) is 11.5 Å². The molecule has 0 spiro atoms. The first-order valence-electron chi connectivity index (χ1n) is 9.69. The zero-order valence-corrected chi connectivity index (χ0v) is 18.9. The number of methoxy groups -OCH3 is 6. The highest BCUT2D eigenvalue weighted by atomic mass is 16.5. The molecule has 6 nitrogen and oxygen atoms in total. The molecule has 0 heterocycles. The lowest BCUT2D eigenvalue weighted by atomic mass is 10.1. The van der Waals surface area contributed by atoms with Crippen LogP contribution >= 0.6 is 0 Å². The summed E-state index contributed by atoms with van der Waals surface area (Å²) in [6.07, 6.45) is 2.30. The fraction of sp³-hybridized carbons (Fsp3) is 0.360. The van der Waals surface area contributed by atoms with Crippen LogP contribution in [-0.4, -0.2) is 42.7 Å². The quantitative estimate of drug-likeness (QED) is 0.465. The average molecular weight is 424 g/mol. The van der Waals surface area contributed by atoms with E-state index < -0.39 is 0 Å². The molecule has 0 unspecified atom stereocenters. The van der Waals surface area contributed by atoms with Gasteiger partial charge in [0, 0.05) is 24.0 Å². The van der Waals surface area contributed by atoms with Crippen LogP contribution in [0.5, 0.6) is 34.5 Å². The Morgan fingerprint density at radius 1 is 0.516 bits per heavy atom. The Balaban J connectivity index is 1.99. The number of unbranched alkanes of at least 4 members (excludes halogenated alkanes) is 2. The topological polar surface area (TPSA) is 55.4 Å². The Morgan fingerprint density at radius 2 is 0.839 bits per heavy atom. The molecule has 164 valence electrons. The molecular formula is C25H28O6. The van der Waals surface area contributed by atoms with Crippen LogP contribution in [0.25, 0.3) is 0 Å². The Bertz CT molecular complexity index is 873. The summed E-state index contributed by atoms with van der Waals surface area (Å²) in [6, 6.07) is 7.33. The molecule has 6 heteroatoms. The van der Waals surface area contributed by atoms with Crippen molar-refractivity contribution in [2.24, 2.45) is 0 Å². The first kappa shape index (κ1) is 23.6. The van der Waals surface area contributed by atoms with Gasteiger partial charge in [-0.2, -0.15) is 0 Å². The first-order chi connectivity index (χ1) is 15.1. The minimum absolute atomic E-state index is 0.553. The minimum Gasteiger partial charge on any atom is -0.493 e. The van der Waals surface area contributed by atoms with Crippen molar-refractivity contribution in [2.45, 2.75) is 19.3 Å². The molecule has 0 amide bonds. The van der Waals surface area contributed by atoms with E-state index in [1.807, 2.05) is 24.3 Å². The molecule has 0 aromatic heterocycles. The predicted octanol–water partition coefficient (Wildman–Crippen LogP) is 4.31. The van der Waals surface area contributed by atoms with E-state index in [1.54, 1.807) is 42.7 Å². The summed E-state index contributed by atoms with van der Waals surface area (Å²) in [5.41, 5.74) is 1.61. The standard InChI is InChI=1S/C25H28O6/c1-26-20-14-18(15-21(27-2)24(20)30-5)12-10-8-7-9-11-13-19-16-22(28-3)25(31-6)23(17-19)29-4/h14-17H,7-9H2,1-6H3. The maximum absolute atomic E-state index is 5.35. The molecule has 0 atom stereocenters. The van der Waals surface area contributed by atoms with E-state index >= 15 is 0 Å². The van der Waals surface area contributed by atoms with Crippen LogP contribution in [0.3, 0.4) is 0 Å².